The topological polar surface area (TPSA) is 41.2 Å². The number of carboxylic acids is 1. The van der Waals surface area contributed by atoms with Gasteiger partial charge in [0.25, 0.3) is 4.34 Å². The van der Waals surface area contributed by atoms with Crippen LogP contribution >= 0.6 is 23.1 Å². The second-order valence-corrected chi connectivity index (χ2v) is 5.52. The van der Waals surface area contributed by atoms with E-state index in [2.05, 4.69) is 23.6 Å². The summed E-state index contributed by atoms with van der Waals surface area (Å²) >= 11 is 3.04. The normalized spacial score (nSPS) is 10.8. The number of rotatable bonds is 4. The third-order valence-electron chi connectivity index (χ3n) is 2.21. The number of benzene rings is 1. The van der Waals surface area contributed by atoms with Gasteiger partial charge in [0, 0.05) is 6.07 Å². The Kier molecular flexibility index (Phi) is 3.46. The van der Waals surface area contributed by atoms with E-state index in [0.717, 1.165) is 10.9 Å². The molecule has 2 rings (SSSR count). The molecule has 0 saturated heterocycles. The van der Waals surface area contributed by atoms with E-state index in [-0.39, 0.29) is 5.75 Å². The number of carboxylic acid groups (broad SMARTS) is 1. The van der Waals surface area contributed by atoms with E-state index in [9.17, 15) is 4.79 Å². The number of aliphatic carboxylic acids is 1. The van der Waals surface area contributed by atoms with Crippen LogP contribution in [-0.4, -0.2) is 16.8 Å². The average Bonchev–Trinajstić information content (AvgIpc) is 2.63. The van der Waals surface area contributed by atoms with E-state index >= 15 is 0 Å². The standard InChI is InChI=1S/C11H11NO2S2/c1-2-12-8-5-3-4-6-9(8)16-11(12)15-7-10(13)14/h3-6H,2,7H2,1H3/p+1. The van der Waals surface area contributed by atoms with Crippen molar-refractivity contribution in [2.75, 3.05) is 5.75 Å². The van der Waals surface area contributed by atoms with Crippen LogP contribution in [0, 0.1) is 0 Å². The molecular formula is C11H12NO2S2+. The van der Waals surface area contributed by atoms with Gasteiger partial charge < -0.3 is 5.11 Å². The van der Waals surface area contributed by atoms with Crippen LogP contribution in [0.2, 0.25) is 0 Å². The maximum atomic E-state index is 10.6. The maximum Gasteiger partial charge on any atom is 0.314 e. The zero-order chi connectivity index (χ0) is 11.5. The molecular weight excluding hydrogens is 242 g/mol. The van der Waals surface area contributed by atoms with Crippen LogP contribution in [0.5, 0.6) is 0 Å². The Hall–Kier alpha value is -1.07. The van der Waals surface area contributed by atoms with Gasteiger partial charge in [-0.05, 0) is 24.8 Å². The number of para-hydroxylation sites is 1. The van der Waals surface area contributed by atoms with Crippen molar-refractivity contribution in [3.63, 3.8) is 0 Å². The largest absolute Gasteiger partial charge is 0.481 e. The van der Waals surface area contributed by atoms with Crippen LogP contribution in [0.25, 0.3) is 10.2 Å². The van der Waals surface area contributed by atoms with Crippen molar-refractivity contribution in [3.8, 4) is 0 Å². The van der Waals surface area contributed by atoms with E-state index < -0.39 is 5.97 Å². The van der Waals surface area contributed by atoms with Crippen molar-refractivity contribution in [1.29, 1.82) is 0 Å². The van der Waals surface area contributed by atoms with Crippen molar-refractivity contribution in [2.45, 2.75) is 17.8 Å². The molecule has 0 amide bonds. The number of carbonyl (C=O) groups is 1. The number of thiazole rings is 1. The van der Waals surface area contributed by atoms with Crippen LogP contribution in [-0.2, 0) is 11.3 Å². The van der Waals surface area contributed by atoms with E-state index in [1.54, 1.807) is 11.3 Å². The minimum Gasteiger partial charge on any atom is -0.481 e. The maximum absolute atomic E-state index is 10.6. The van der Waals surface area contributed by atoms with Crippen molar-refractivity contribution >= 4 is 39.3 Å². The van der Waals surface area contributed by atoms with Gasteiger partial charge >= 0.3 is 5.97 Å². The lowest BCUT2D eigenvalue weighted by Crippen LogP contribution is -2.32. The fourth-order valence-electron chi connectivity index (χ4n) is 1.54. The number of aromatic nitrogens is 1. The van der Waals surface area contributed by atoms with Gasteiger partial charge in [-0.3, -0.25) is 4.79 Å². The van der Waals surface area contributed by atoms with Crippen molar-refractivity contribution in [1.82, 2.24) is 0 Å². The molecule has 0 bridgehead atoms. The molecule has 84 valence electrons. The second-order valence-electron chi connectivity index (χ2n) is 3.26. The Labute approximate surface area is 102 Å². The number of hydrogen-bond acceptors (Lipinski definition) is 3. The first-order chi connectivity index (χ1) is 7.72. The summed E-state index contributed by atoms with van der Waals surface area (Å²) in [4.78, 5) is 10.6. The first-order valence-corrected chi connectivity index (χ1v) is 6.78. The SMILES string of the molecule is CC[n+]1c(SCC(=O)O)sc2ccccc21. The quantitative estimate of drug-likeness (QED) is 0.673. The Bertz CT molecular complexity index is 522. The summed E-state index contributed by atoms with van der Waals surface area (Å²) in [6, 6.07) is 8.15. The van der Waals surface area contributed by atoms with Crippen LogP contribution < -0.4 is 4.57 Å². The summed E-state index contributed by atoms with van der Waals surface area (Å²) in [5.41, 5.74) is 1.18. The molecule has 1 heterocycles. The predicted molar refractivity (Wildman–Crippen MR) is 66.1 cm³/mol. The van der Waals surface area contributed by atoms with Crippen LogP contribution in [0.15, 0.2) is 28.6 Å². The van der Waals surface area contributed by atoms with E-state index in [4.69, 9.17) is 5.11 Å². The van der Waals surface area contributed by atoms with E-state index in [1.807, 2.05) is 12.1 Å². The first-order valence-electron chi connectivity index (χ1n) is 4.98. The molecule has 1 N–H and O–H groups in total. The van der Waals surface area contributed by atoms with Crippen LogP contribution in [0.3, 0.4) is 0 Å². The van der Waals surface area contributed by atoms with E-state index in [1.165, 1.54) is 22.0 Å². The van der Waals surface area contributed by atoms with Gasteiger partial charge in [-0.25, -0.2) is 0 Å². The van der Waals surface area contributed by atoms with Gasteiger partial charge in [-0.15, -0.1) is 0 Å². The summed E-state index contributed by atoms with van der Waals surface area (Å²) < 4.78 is 4.43. The molecule has 0 unspecified atom stereocenters. The molecule has 0 aliphatic carbocycles. The fraction of sp³-hybridized carbons (Fsp3) is 0.273. The van der Waals surface area contributed by atoms with Crippen molar-refractivity contribution in [3.05, 3.63) is 24.3 Å². The Morgan fingerprint density at radius 2 is 2.25 bits per heavy atom. The first kappa shape index (κ1) is 11.4. The smallest absolute Gasteiger partial charge is 0.314 e. The summed E-state index contributed by atoms with van der Waals surface area (Å²) in [6.45, 7) is 2.94. The van der Waals surface area contributed by atoms with Gasteiger partial charge in [-0.2, -0.15) is 4.57 Å². The Morgan fingerprint density at radius 3 is 2.94 bits per heavy atom. The molecule has 0 spiro atoms. The lowest BCUT2D eigenvalue weighted by atomic mass is 10.3. The highest BCUT2D eigenvalue weighted by Gasteiger charge is 2.19. The minimum atomic E-state index is -0.773. The highest BCUT2D eigenvalue weighted by atomic mass is 32.2. The molecule has 2 aromatic rings. The molecule has 0 radical (unpaired) electrons. The zero-order valence-corrected chi connectivity index (χ0v) is 10.5. The van der Waals surface area contributed by atoms with Gasteiger partial charge in [0.15, 0.2) is 0 Å². The number of hydrogen-bond donors (Lipinski definition) is 1. The molecule has 1 aromatic carbocycles. The van der Waals surface area contributed by atoms with Gasteiger partial charge in [-0.1, -0.05) is 23.5 Å². The van der Waals surface area contributed by atoms with Gasteiger partial charge in [0.2, 0.25) is 5.52 Å². The molecule has 5 heteroatoms. The third-order valence-corrected chi connectivity index (χ3v) is 4.63. The summed E-state index contributed by atoms with van der Waals surface area (Å²) in [5, 5.41) is 8.69. The Morgan fingerprint density at radius 1 is 1.50 bits per heavy atom. The minimum absolute atomic E-state index is 0.118. The highest BCUT2D eigenvalue weighted by molar-refractivity contribution is 8.01. The Balaban J connectivity index is 2.40. The van der Waals surface area contributed by atoms with E-state index in [0.29, 0.717) is 0 Å². The number of thioether (sulfide) groups is 1. The summed E-state index contributed by atoms with van der Waals surface area (Å²) in [5.74, 6) is -0.655. The van der Waals surface area contributed by atoms with Crippen LogP contribution in [0.1, 0.15) is 6.92 Å². The molecule has 0 atom stereocenters. The molecule has 0 aliphatic heterocycles. The van der Waals surface area contributed by atoms with Crippen molar-refractivity contribution < 1.29 is 14.5 Å². The molecule has 3 nitrogen and oxygen atoms in total. The molecule has 0 aliphatic rings. The molecule has 16 heavy (non-hydrogen) atoms. The summed E-state index contributed by atoms with van der Waals surface area (Å²) in [7, 11) is 0. The summed E-state index contributed by atoms with van der Waals surface area (Å²) in [6.07, 6.45) is 0. The highest BCUT2D eigenvalue weighted by Crippen LogP contribution is 2.27. The lowest BCUT2D eigenvalue weighted by molar-refractivity contribution is -0.698. The van der Waals surface area contributed by atoms with Gasteiger partial charge in [0.1, 0.15) is 17.0 Å². The second kappa shape index (κ2) is 4.84. The lowest BCUT2D eigenvalue weighted by Gasteiger charge is -1.93. The zero-order valence-electron chi connectivity index (χ0n) is 8.84. The molecule has 1 aromatic heterocycles. The fourth-order valence-corrected chi connectivity index (χ4v) is 3.81. The van der Waals surface area contributed by atoms with Crippen LogP contribution in [0.4, 0.5) is 0 Å². The monoisotopic (exact) mass is 254 g/mol. The predicted octanol–water partition coefficient (Wildman–Crippen LogP) is 2.39. The van der Waals surface area contributed by atoms with Crippen molar-refractivity contribution in [2.24, 2.45) is 0 Å². The van der Waals surface area contributed by atoms with Gasteiger partial charge in [0.05, 0.1) is 0 Å². The average molecular weight is 254 g/mol. The molecule has 0 fully saturated rings. The number of aryl methyl sites for hydroxylation is 1. The number of fused-ring (bicyclic) bond motifs is 1. The third kappa shape index (κ3) is 2.20. The molecule has 0 saturated carbocycles. The number of nitrogens with zero attached hydrogens (tertiary/aromatic N) is 1.